The number of hydrogen-bond donors (Lipinski definition) is 3. The van der Waals surface area contributed by atoms with Gasteiger partial charge in [-0.1, -0.05) is 62.4 Å². The van der Waals surface area contributed by atoms with Crippen LogP contribution in [0.15, 0.2) is 89.5 Å². The highest BCUT2D eigenvalue weighted by molar-refractivity contribution is 8.00. The van der Waals surface area contributed by atoms with Crippen molar-refractivity contribution in [2.75, 3.05) is 24.3 Å². The molecule has 51 heavy (non-hydrogen) atoms. The molecule has 4 amide bonds. The van der Waals surface area contributed by atoms with Crippen LogP contribution in [0.4, 0.5) is 10.7 Å². The summed E-state index contributed by atoms with van der Waals surface area (Å²) in [6, 6.07) is 23.5. The number of amides is 4. The van der Waals surface area contributed by atoms with Crippen molar-refractivity contribution < 1.29 is 28.7 Å². The first kappa shape index (κ1) is 37.1. The summed E-state index contributed by atoms with van der Waals surface area (Å²) in [5.41, 5.74) is 3.99. The molecule has 0 saturated heterocycles. The van der Waals surface area contributed by atoms with Crippen LogP contribution in [0.3, 0.4) is 0 Å². The average molecular weight is 725 g/mol. The van der Waals surface area contributed by atoms with E-state index in [2.05, 4.69) is 29.8 Å². The molecule has 264 valence electrons. The second-order valence-electron chi connectivity index (χ2n) is 12.3. The largest absolute Gasteiger partial charge is 0.465 e. The van der Waals surface area contributed by atoms with E-state index in [1.165, 1.54) is 37.1 Å². The number of benzene rings is 3. The van der Waals surface area contributed by atoms with E-state index in [0.717, 1.165) is 21.6 Å². The Balaban J connectivity index is 1.30. The summed E-state index contributed by atoms with van der Waals surface area (Å²) < 4.78 is 5.03. The SMILES string of the molecule is COC(=O)c1c(NC(=O)C(C)Sc2cccc(NC(=O)/C(=C\c3ccc(C(C)C)cc3)NC(=O)c3ccccc3)c2)sc2c1CCN(C(C)=O)C2. The van der Waals surface area contributed by atoms with Crippen molar-refractivity contribution in [3.63, 3.8) is 0 Å². The number of nitrogens with one attached hydrogen (secondary N) is 3. The maximum atomic E-state index is 13.6. The van der Waals surface area contributed by atoms with Crippen LogP contribution in [-0.2, 0) is 32.1 Å². The Hall–Kier alpha value is -5.20. The number of rotatable bonds is 11. The molecule has 3 aromatic carbocycles. The van der Waals surface area contributed by atoms with Crippen LogP contribution in [0.1, 0.15) is 75.9 Å². The van der Waals surface area contributed by atoms with Crippen molar-refractivity contribution in [3.8, 4) is 0 Å². The van der Waals surface area contributed by atoms with Crippen LogP contribution in [0, 0.1) is 0 Å². The third-order valence-corrected chi connectivity index (χ3v) is 10.6. The molecule has 0 saturated carbocycles. The lowest BCUT2D eigenvalue weighted by molar-refractivity contribution is -0.129. The number of esters is 1. The number of hydrogen-bond acceptors (Lipinski definition) is 8. The van der Waals surface area contributed by atoms with Crippen molar-refractivity contribution >= 4 is 69.5 Å². The summed E-state index contributed by atoms with van der Waals surface area (Å²) in [7, 11) is 1.30. The number of nitrogens with zero attached hydrogens (tertiary/aromatic N) is 1. The zero-order valence-electron chi connectivity index (χ0n) is 29.1. The first-order valence-corrected chi connectivity index (χ1v) is 18.2. The molecule has 3 N–H and O–H groups in total. The van der Waals surface area contributed by atoms with E-state index in [1.54, 1.807) is 60.4 Å². The number of methoxy groups -OCH3 is 1. The summed E-state index contributed by atoms with van der Waals surface area (Å²) in [5.74, 6) is -1.49. The average Bonchev–Trinajstić information content (AvgIpc) is 3.48. The van der Waals surface area contributed by atoms with E-state index in [4.69, 9.17) is 4.74 Å². The molecule has 1 aliphatic heterocycles. The lowest BCUT2D eigenvalue weighted by Crippen LogP contribution is -2.33. The lowest BCUT2D eigenvalue weighted by Gasteiger charge is -2.25. The molecule has 5 rings (SSSR count). The normalized spacial score (nSPS) is 13.2. The molecule has 4 aromatic rings. The van der Waals surface area contributed by atoms with E-state index in [-0.39, 0.29) is 17.5 Å². The fraction of sp³-hybridized carbons (Fsp3) is 0.256. The van der Waals surface area contributed by atoms with E-state index in [0.29, 0.717) is 52.1 Å². The van der Waals surface area contributed by atoms with Crippen molar-refractivity contribution in [3.05, 3.63) is 117 Å². The van der Waals surface area contributed by atoms with Gasteiger partial charge in [0, 0.05) is 34.5 Å². The molecule has 0 aliphatic carbocycles. The monoisotopic (exact) mass is 724 g/mol. The number of ether oxygens (including phenoxy) is 1. The van der Waals surface area contributed by atoms with Gasteiger partial charge in [0.15, 0.2) is 0 Å². The molecule has 0 bridgehead atoms. The smallest absolute Gasteiger partial charge is 0.341 e. The molecule has 1 aromatic heterocycles. The van der Waals surface area contributed by atoms with Gasteiger partial charge in [0.2, 0.25) is 11.8 Å². The number of thioether (sulfide) groups is 1. The zero-order valence-corrected chi connectivity index (χ0v) is 30.7. The Morgan fingerprint density at radius 2 is 1.65 bits per heavy atom. The third kappa shape index (κ3) is 9.33. The molecular weight excluding hydrogens is 685 g/mol. The van der Waals surface area contributed by atoms with Crippen LogP contribution in [-0.4, -0.2) is 53.4 Å². The Bertz CT molecular complexity index is 1970. The molecule has 2 heterocycles. The van der Waals surface area contributed by atoms with Crippen LogP contribution >= 0.6 is 23.1 Å². The van der Waals surface area contributed by atoms with Gasteiger partial charge in [-0.3, -0.25) is 19.2 Å². The first-order chi connectivity index (χ1) is 24.4. The van der Waals surface area contributed by atoms with Crippen LogP contribution < -0.4 is 16.0 Å². The lowest BCUT2D eigenvalue weighted by atomic mass is 10.0. The number of carbonyl (C=O) groups excluding carboxylic acids is 5. The van der Waals surface area contributed by atoms with E-state index in [9.17, 15) is 24.0 Å². The molecule has 0 spiro atoms. The number of anilines is 2. The molecule has 12 heteroatoms. The predicted molar refractivity (Wildman–Crippen MR) is 202 cm³/mol. The summed E-state index contributed by atoms with van der Waals surface area (Å²) >= 11 is 2.56. The first-order valence-electron chi connectivity index (χ1n) is 16.5. The summed E-state index contributed by atoms with van der Waals surface area (Å²) in [6.45, 7) is 8.31. The predicted octanol–water partition coefficient (Wildman–Crippen LogP) is 7.09. The van der Waals surface area contributed by atoms with Gasteiger partial charge in [-0.15, -0.1) is 23.1 Å². The van der Waals surface area contributed by atoms with Crippen LogP contribution in [0.5, 0.6) is 0 Å². The van der Waals surface area contributed by atoms with Gasteiger partial charge in [-0.05, 0) is 72.4 Å². The summed E-state index contributed by atoms with van der Waals surface area (Å²) in [6.07, 6.45) is 2.12. The van der Waals surface area contributed by atoms with Gasteiger partial charge in [-0.2, -0.15) is 0 Å². The summed E-state index contributed by atoms with van der Waals surface area (Å²) in [4.78, 5) is 68.1. The molecule has 0 radical (unpaired) electrons. The molecule has 0 fully saturated rings. The Morgan fingerprint density at radius 1 is 0.922 bits per heavy atom. The van der Waals surface area contributed by atoms with Gasteiger partial charge in [0.1, 0.15) is 10.7 Å². The number of fused-ring (bicyclic) bond motifs is 1. The highest BCUT2D eigenvalue weighted by atomic mass is 32.2. The Labute approximate surface area is 305 Å². The van der Waals surface area contributed by atoms with Crippen LogP contribution in [0.2, 0.25) is 0 Å². The quantitative estimate of drug-likeness (QED) is 0.0855. The van der Waals surface area contributed by atoms with Crippen molar-refractivity contribution in [1.82, 2.24) is 10.2 Å². The Kier molecular flexibility index (Phi) is 12.1. The molecule has 10 nitrogen and oxygen atoms in total. The fourth-order valence-electron chi connectivity index (χ4n) is 5.48. The minimum atomic E-state index is -0.580. The van der Waals surface area contributed by atoms with E-state index in [1.807, 2.05) is 36.4 Å². The Morgan fingerprint density at radius 3 is 2.31 bits per heavy atom. The second kappa shape index (κ2) is 16.7. The maximum absolute atomic E-state index is 13.6. The maximum Gasteiger partial charge on any atom is 0.341 e. The standard InChI is InChI=1S/C39H40N4O6S2/c1-23(2)27-16-14-26(15-17-27)20-32(41-36(46)28-10-7-6-8-11-28)37(47)40-29-12-9-13-30(21-29)50-24(3)35(45)42-38-34(39(48)49-5)31-18-19-43(25(4)44)22-33(31)51-38/h6-17,20-21,23-24H,18-19,22H2,1-5H3,(H,40,47)(H,41,46)(H,42,45)/b32-20+. The van der Waals surface area contributed by atoms with Gasteiger partial charge in [-0.25, -0.2) is 4.79 Å². The fourth-order valence-corrected chi connectivity index (χ4v) is 7.66. The van der Waals surface area contributed by atoms with Crippen molar-refractivity contribution in [2.45, 2.75) is 56.7 Å². The van der Waals surface area contributed by atoms with Gasteiger partial charge >= 0.3 is 5.97 Å². The van der Waals surface area contributed by atoms with Gasteiger partial charge in [0.25, 0.3) is 11.8 Å². The minimum Gasteiger partial charge on any atom is -0.465 e. The van der Waals surface area contributed by atoms with Crippen LogP contribution in [0.25, 0.3) is 6.08 Å². The highest BCUT2D eigenvalue weighted by Gasteiger charge is 2.31. The second-order valence-corrected chi connectivity index (χ2v) is 14.8. The number of carbonyl (C=O) groups is 5. The van der Waals surface area contributed by atoms with Gasteiger partial charge < -0.3 is 25.6 Å². The topological polar surface area (TPSA) is 134 Å². The van der Waals surface area contributed by atoms with E-state index < -0.39 is 23.0 Å². The van der Waals surface area contributed by atoms with Crippen molar-refractivity contribution in [2.24, 2.45) is 0 Å². The van der Waals surface area contributed by atoms with Crippen molar-refractivity contribution in [1.29, 1.82) is 0 Å². The number of thiophene rings is 1. The summed E-state index contributed by atoms with van der Waals surface area (Å²) in [5, 5.41) is 8.38. The molecule has 1 unspecified atom stereocenters. The molecule has 1 atom stereocenters. The van der Waals surface area contributed by atoms with Gasteiger partial charge in [0.05, 0.1) is 24.5 Å². The highest BCUT2D eigenvalue weighted by Crippen LogP contribution is 2.38. The molecular formula is C39H40N4O6S2. The third-order valence-electron chi connectivity index (χ3n) is 8.35. The minimum absolute atomic E-state index is 0.0525. The zero-order chi connectivity index (χ0) is 36.7. The molecule has 1 aliphatic rings. The van der Waals surface area contributed by atoms with E-state index >= 15 is 0 Å².